The molecule has 164 valence electrons. The molecule has 1 N–H and O–H groups in total. The summed E-state index contributed by atoms with van der Waals surface area (Å²) in [6, 6.07) is 7.55. The summed E-state index contributed by atoms with van der Waals surface area (Å²) >= 11 is 0. The first kappa shape index (κ1) is 20.3. The molecule has 0 aliphatic carbocycles. The van der Waals surface area contributed by atoms with Crippen molar-refractivity contribution in [3.05, 3.63) is 76.6 Å². The first-order valence-corrected chi connectivity index (χ1v) is 10.2. The molecular formula is C23H19F3N4O2. The minimum absolute atomic E-state index is 0.0490. The second-order valence-electron chi connectivity index (χ2n) is 7.80. The van der Waals surface area contributed by atoms with E-state index in [1.807, 2.05) is 13.0 Å². The minimum atomic E-state index is -2.76. The molecular weight excluding hydrogens is 421 g/mol. The average molecular weight is 440 g/mol. The van der Waals surface area contributed by atoms with Gasteiger partial charge in [0.15, 0.2) is 0 Å². The van der Waals surface area contributed by atoms with Crippen LogP contribution >= 0.6 is 0 Å². The van der Waals surface area contributed by atoms with Gasteiger partial charge in [0.1, 0.15) is 29.1 Å². The highest BCUT2D eigenvalue weighted by molar-refractivity contribution is 6.05. The summed E-state index contributed by atoms with van der Waals surface area (Å²) in [6.45, 7) is 1.80. The van der Waals surface area contributed by atoms with E-state index in [9.17, 15) is 18.0 Å². The van der Waals surface area contributed by atoms with Crippen molar-refractivity contribution in [2.45, 2.75) is 38.8 Å². The van der Waals surface area contributed by atoms with E-state index in [0.29, 0.717) is 30.0 Å². The van der Waals surface area contributed by atoms with Gasteiger partial charge in [-0.15, -0.1) is 0 Å². The van der Waals surface area contributed by atoms with E-state index in [2.05, 4.69) is 15.3 Å². The third-order valence-corrected chi connectivity index (χ3v) is 5.81. The Morgan fingerprint density at radius 2 is 2.06 bits per heavy atom. The molecule has 0 saturated carbocycles. The van der Waals surface area contributed by atoms with Crippen molar-refractivity contribution < 1.29 is 22.7 Å². The van der Waals surface area contributed by atoms with Crippen molar-refractivity contribution in [3.63, 3.8) is 0 Å². The lowest BCUT2D eigenvalue weighted by Crippen LogP contribution is -2.40. The molecule has 32 heavy (non-hydrogen) atoms. The number of rotatable bonds is 3. The predicted octanol–water partition coefficient (Wildman–Crippen LogP) is 5.48. The molecule has 0 radical (unpaired) electrons. The molecule has 4 heterocycles. The number of carbonyl (C=O) groups excluding carboxylic acids is 1. The Bertz CT molecular complexity index is 1220. The van der Waals surface area contributed by atoms with Crippen molar-refractivity contribution in [3.8, 4) is 5.75 Å². The molecule has 1 aromatic carbocycles. The van der Waals surface area contributed by atoms with Gasteiger partial charge in [0.25, 0.3) is 6.43 Å². The number of aromatic nitrogens is 2. The largest absolute Gasteiger partial charge is 0.484 e. The number of alkyl halides is 2. The highest BCUT2D eigenvalue weighted by Gasteiger charge is 2.32. The van der Waals surface area contributed by atoms with Gasteiger partial charge in [-0.3, -0.25) is 14.9 Å². The van der Waals surface area contributed by atoms with E-state index < -0.39 is 24.4 Å². The Morgan fingerprint density at radius 1 is 1.22 bits per heavy atom. The third-order valence-electron chi connectivity index (χ3n) is 5.81. The van der Waals surface area contributed by atoms with E-state index in [1.54, 1.807) is 6.07 Å². The topological polar surface area (TPSA) is 67.4 Å². The summed E-state index contributed by atoms with van der Waals surface area (Å²) in [5, 5.41) is 2.67. The van der Waals surface area contributed by atoms with Crippen LogP contribution in [-0.2, 0) is 13.0 Å². The van der Waals surface area contributed by atoms with E-state index in [0.717, 1.165) is 11.1 Å². The third kappa shape index (κ3) is 3.43. The molecule has 9 heteroatoms. The molecule has 0 bridgehead atoms. The number of anilines is 2. The zero-order valence-corrected chi connectivity index (χ0v) is 17.1. The minimum Gasteiger partial charge on any atom is -0.484 e. The van der Waals surface area contributed by atoms with Crippen LogP contribution in [0.5, 0.6) is 5.75 Å². The highest BCUT2D eigenvalue weighted by Crippen LogP contribution is 2.41. The number of amides is 2. The molecule has 6 nitrogen and oxygen atoms in total. The predicted molar refractivity (Wildman–Crippen MR) is 111 cm³/mol. The maximum atomic E-state index is 14.2. The first-order valence-electron chi connectivity index (χ1n) is 10.2. The van der Waals surface area contributed by atoms with Gasteiger partial charge in [0, 0.05) is 24.0 Å². The Hall–Kier alpha value is -3.62. The molecule has 2 aromatic heterocycles. The second-order valence-corrected chi connectivity index (χ2v) is 7.80. The van der Waals surface area contributed by atoms with Gasteiger partial charge in [-0.2, -0.15) is 0 Å². The summed E-state index contributed by atoms with van der Waals surface area (Å²) in [7, 11) is 0. The number of benzene rings is 1. The Kier molecular flexibility index (Phi) is 4.96. The molecule has 3 aromatic rings. The van der Waals surface area contributed by atoms with Crippen LogP contribution in [0, 0.1) is 12.7 Å². The van der Waals surface area contributed by atoms with Crippen LogP contribution in [0.1, 0.15) is 47.0 Å². The fourth-order valence-corrected chi connectivity index (χ4v) is 4.25. The molecule has 0 saturated heterocycles. The zero-order valence-electron chi connectivity index (χ0n) is 17.1. The summed E-state index contributed by atoms with van der Waals surface area (Å²) in [5.41, 5.74) is 2.74. The lowest BCUT2D eigenvalue weighted by atomic mass is 9.97. The molecule has 0 fully saturated rings. The number of carbonyl (C=O) groups is 1. The Balaban J connectivity index is 1.50. The number of fused-ring (bicyclic) bond motifs is 2. The Morgan fingerprint density at radius 3 is 2.84 bits per heavy atom. The molecule has 5 rings (SSSR count). The van der Waals surface area contributed by atoms with Crippen LogP contribution in [0.25, 0.3) is 0 Å². The number of aryl methyl sites for hydroxylation is 2. The van der Waals surface area contributed by atoms with Crippen molar-refractivity contribution in [1.29, 1.82) is 0 Å². The number of urea groups is 1. The van der Waals surface area contributed by atoms with Gasteiger partial charge in [-0.1, -0.05) is 6.07 Å². The number of hydrogen-bond acceptors (Lipinski definition) is 4. The van der Waals surface area contributed by atoms with Gasteiger partial charge in [-0.25, -0.2) is 18.0 Å². The molecule has 1 atom stereocenters. The lowest BCUT2D eigenvalue weighted by molar-refractivity contribution is 0.144. The molecule has 1 unspecified atom stereocenters. The van der Waals surface area contributed by atoms with Crippen LogP contribution in [-0.4, -0.2) is 16.0 Å². The SMILES string of the molecule is Cc1cc2c(cc1N1Cc3c(ccnc3C(F)F)NC1=O)OC(c1ncccc1F)CC2. The summed E-state index contributed by atoms with van der Waals surface area (Å²) < 4.78 is 47.2. The van der Waals surface area contributed by atoms with Gasteiger partial charge in [-0.05, 0) is 49.1 Å². The highest BCUT2D eigenvalue weighted by atomic mass is 19.3. The maximum absolute atomic E-state index is 14.2. The maximum Gasteiger partial charge on any atom is 0.326 e. The van der Waals surface area contributed by atoms with Crippen molar-refractivity contribution in [2.75, 3.05) is 10.2 Å². The number of pyridine rings is 2. The molecule has 0 spiro atoms. The summed E-state index contributed by atoms with van der Waals surface area (Å²) in [6.07, 6.45) is 0.688. The summed E-state index contributed by atoms with van der Waals surface area (Å²) in [5.74, 6) is 0.0816. The molecule has 2 aliphatic rings. The first-order chi connectivity index (χ1) is 15.4. The smallest absolute Gasteiger partial charge is 0.326 e. The van der Waals surface area contributed by atoms with E-state index >= 15 is 0 Å². The van der Waals surface area contributed by atoms with E-state index in [1.165, 1.54) is 35.5 Å². The fourth-order valence-electron chi connectivity index (χ4n) is 4.25. The lowest BCUT2D eigenvalue weighted by Gasteiger charge is -2.33. The zero-order chi connectivity index (χ0) is 22.4. The number of hydrogen-bond donors (Lipinski definition) is 1. The van der Waals surface area contributed by atoms with Gasteiger partial charge in [0.2, 0.25) is 0 Å². The Labute approximate surface area is 182 Å². The van der Waals surface area contributed by atoms with Gasteiger partial charge >= 0.3 is 6.03 Å². The monoisotopic (exact) mass is 440 g/mol. The van der Waals surface area contributed by atoms with Crippen molar-refractivity contribution in [2.24, 2.45) is 0 Å². The number of halogens is 3. The van der Waals surface area contributed by atoms with Crippen LogP contribution in [0.2, 0.25) is 0 Å². The normalized spacial score (nSPS) is 17.5. The summed E-state index contributed by atoms with van der Waals surface area (Å²) in [4.78, 5) is 22.1. The molecule has 2 aliphatic heterocycles. The van der Waals surface area contributed by atoms with Crippen molar-refractivity contribution >= 4 is 17.4 Å². The second kappa shape index (κ2) is 7.81. The van der Waals surface area contributed by atoms with Crippen LogP contribution in [0.4, 0.5) is 29.3 Å². The van der Waals surface area contributed by atoms with Crippen LogP contribution in [0.3, 0.4) is 0 Å². The van der Waals surface area contributed by atoms with E-state index in [4.69, 9.17) is 4.74 Å². The van der Waals surface area contributed by atoms with Crippen LogP contribution < -0.4 is 15.0 Å². The number of ether oxygens (including phenoxy) is 1. The fraction of sp³-hybridized carbons (Fsp3) is 0.261. The van der Waals surface area contributed by atoms with E-state index in [-0.39, 0.29) is 23.5 Å². The molecule has 2 amide bonds. The van der Waals surface area contributed by atoms with Gasteiger partial charge < -0.3 is 10.1 Å². The quantitative estimate of drug-likeness (QED) is 0.586. The number of nitrogens with one attached hydrogen (secondary N) is 1. The van der Waals surface area contributed by atoms with Crippen LogP contribution in [0.15, 0.2) is 42.7 Å². The number of nitrogens with zero attached hydrogens (tertiary/aromatic N) is 3. The van der Waals surface area contributed by atoms with Crippen molar-refractivity contribution in [1.82, 2.24) is 9.97 Å². The average Bonchev–Trinajstić information content (AvgIpc) is 2.78. The standard InChI is InChI=1S/C23H19F3N4O2/c1-12-9-13-4-5-18(21-15(24)3-2-7-27-21)32-19(13)10-17(12)30-11-14-16(29-23(30)31)6-8-28-20(14)22(25)26/h2-3,6-10,18,22H,4-5,11H2,1H3,(H,29,31). The van der Waals surface area contributed by atoms with Gasteiger partial charge in [0.05, 0.1) is 17.9 Å².